The van der Waals surface area contributed by atoms with Crippen LogP contribution in [0, 0.1) is 0 Å². The zero-order chi connectivity index (χ0) is 15.9. The van der Waals surface area contributed by atoms with Gasteiger partial charge in [-0.3, -0.25) is 10.9 Å². The molecule has 0 spiro atoms. The van der Waals surface area contributed by atoms with Gasteiger partial charge in [0.2, 0.25) is 0 Å². The predicted molar refractivity (Wildman–Crippen MR) is 88.2 cm³/mol. The minimum absolute atomic E-state index is 0.118. The minimum atomic E-state index is -0.618. The van der Waals surface area contributed by atoms with Gasteiger partial charge in [-0.2, -0.15) is 0 Å². The SMILES string of the molecule is CC1(C)Oc2ccc3ccc(=O)oc3c2C=C1NNC(N)=S. The Labute approximate surface area is 131 Å². The Kier molecular flexibility index (Phi) is 3.29. The van der Waals surface area contributed by atoms with E-state index in [1.165, 1.54) is 6.07 Å². The highest BCUT2D eigenvalue weighted by atomic mass is 32.1. The lowest BCUT2D eigenvalue weighted by atomic mass is 9.97. The highest BCUT2D eigenvalue weighted by Crippen LogP contribution is 2.37. The maximum absolute atomic E-state index is 11.5. The standard InChI is InChI=1S/C15H15N3O3S/c1-15(2)11(17-18-14(16)22)7-9-10(21-15)5-3-8-4-6-12(19)20-13(8)9/h3-7,17H,1-2H3,(H3,16,18,22). The molecular formula is C15H15N3O3S. The summed E-state index contributed by atoms with van der Waals surface area (Å²) in [5, 5.41) is 0.937. The van der Waals surface area contributed by atoms with Crippen LogP contribution in [-0.2, 0) is 0 Å². The molecule has 0 saturated carbocycles. The molecule has 1 aromatic heterocycles. The van der Waals surface area contributed by atoms with E-state index < -0.39 is 11.2 Å². The van der Waals surface area contributed by atoms with E-state index in [0.29, 0.717) is 22.6 Å². The number of nitrogens with two attached hydrogens (primary N) is 1. The maximum Gasteiger partial charge on any atom is 0.336 e. The summed E-state index contributed by atoms with van der Waals surface area (Å²) >= 11 is 4.79. The van der Waals surface area contributed by atoms with Crippen LogP contribution in [0.3, 0.4) is 0 Å². The number of nitrogens with one attached hydrogen (secondary N) is 2. The van der Waals surface area contributed by atoms with Crippen molar-refractivity contribution in [3.63, 3.8) is 0 Å². The number of hydrogen-bond donors (Lipinski definition) is 3. The first kappa shape index (κ1) is 14.4. The molecule has 1 aliphatic rings. The zero-order valence-corrected chi connectivity index (χ0v) is 12.9. The average Bonchev–Trinajstić information content (AvgIpc) is 2.44. The van der Waals surface area contributed by atoms with E-state index in [1.807, 2.05) is 32.1 Å². The summed E-state index contributed by atoms with van der Waals surface area (Å²) in [7, 11) is 0. The van der Waals surface area contributed by atoms with Crippen molar-refractivity contribution in [2.24, 2.45) is 5.73 Å². The minimum Gasteiger partial charge on any atom is -0.481 e. The van der Waals surface area contributed by atoms with Gasteiger partial charge in [0.15, 0.2) is 5.11 Å². The third kappa shape index (κ3) is 2.50. The first-order chi connectivity index (χ1) is 10.4. The second-order valence-corrected chi connectivity index (χ2v) is 5.87. The second kappa shape index (κ2) is 5.03. The van der Waals surface area contributed by atoms with Crippen molar-refractivity contribution in [2.75, 3.05) is 0 Å². The zero-order valence-electron chi connectivity index (χ0n) is 12.1. The van der Waals surface area contributed by atoms with Gasteiger partial charge in [0, 0.05) is 11.5 Å². The van der Waals surface area contributed by atoms with Gasteiger partial charge in [0.1, 0.15) is 16.9 Å². The molecule has 0 aliphatic carbocycles. The Morgan fingerprint density at radius 1 is 1.27 bits per heavy atom. The van der Waals surface area contributed by atoms with Crippen LogP contribution in [-0.4, -0.2) is 10.7 Å². The molecule has 1 aromatic carbocycles. The highest BCUT2D eigenvalue weighted by molar-refractivity contribution is 7.80. The molecule has 22 heavy (non-hydrogen) atoms. The lowest BCUT2D eigenvalue weighted by molar-refractivity contribution is 0.136. The Hall–Kier alpha value is -2.54. The molecule has 0 amide bonds. The Balaban J connectivity index is 2.16. The van der Waals surface area contributed by atoms with E-state index >= 15 is 0 Å². The molecule has 3 rings (SSSR count). The van der Waals surface area contributed by atoms with Crippen LogP contribution in [0.25, 0.3) is 17.0 Å². The smallest absolute Gasteiger partial charge is 0.336 e. The normalized spacial score (nSPS) is 15.5. The Morgan fingerprint density at radius 3 is 2.73 bits per heavy atom. The number of rotatable bonds is 2. The van der Waals surface area contributed by atoms with E-state index in [0.717, 1.165) is 5.39 Å². The van der Waals surface area contributed by atoms with Crippen LogP contribution in [0.4, 0.5) is 0 Å². The number of thiocarbonyl (C=S) groups is 1. The monoisotopic (exact) mass is 317 g/mol. The molecule has 0 bridgehead atoms. The number of ether oxygens (including phenoxy) is 1. The number of fused-ring (bicyclic) bond motifs is 3. The summed E-state index contributed by atoms with van der Waals surface area (Å²) in [6, 6.07) is 6.81. The first-order valence-corrected chi connectivity index (χ1v) is 7.07. The van der Waals surface area contributed by atoms with Crippen molar-refractivity contribution in [1.82, 2.24) is 10.9 Å². The third-order valence-corrected chi connectivity index (χ3v) is 3.51. The van der Waals surface area contributed by atoms with Gasteiger partial charge in [0.05, 0.1) is 11.3 Å². The Morgan fingerprint density at radius 2 is 2.00 bits per heavy atom. The van der Waals surface area contributed by atoms with Crippen LogP contribution < -0.4 is 26.9 Å². The van der Waals surface area contributed by atoms with Gasteiger partial charge in [-0.15, -0.1) is 0 Å². The van der Waals surface area contributed by atoms with Crippen LogP contribution >= 0.6 is 12.2 Å². The van der Waals surface area contributed by atoms with Crippen LogP contribution in [0.2, 0.25) is 0 Å². The maximum atomic E-state index is 11.5. The molecule has 4 N–H and O–H groups in total. The van der Waals surface area contributed by atoms with Gasteiger partial charge in [-0.25, -0.2) is 4.79 Å². The van der Waals surface area contributed by atoms with Crippen LogP contribution in [0.5, 0.6) is 5.75 Å². The average molecular weight is 317 g/mol. The first-order valence-electron chi connectivity index (χ1n) is 6.66. The number of hydrogen-bond acceptors (Lipinski definition) is 5. The van der Waals surface area contributed by atoms with E-state index in [4.69, 9.17) is 27.1 Å². The molecule has 2 aromatic rings. The van der Waals surface area contributed by atoms with E-state index in [9.17, 15) is 4.79 Å². The fourth-order valence-electron chi connectivity index (χ4n) is 2.33. The lowest BCUT2D eigenvalue weighted by Gasteiger charge is -2.34. The molecule has 1 aliphatic heterocycles. The molecule has 0 unspecified atom stereocenters. The topological polar surface area (TPSA) is 89.5 Å². The summed E-state index contributed by atoms with van der Waals surface area (Å²) < 4.78 is 11.3. The molecule has 0 radical (unpaired) electrons. The molecule has 0 atom stereocenters. The van der Waals surface area contributed by atoms with E-state index in [-0.39, 0.29) is 5.11 Å². The predicted octanol–water partition coefficient (Wildman–Crippen LogP) is 1.64. The fraction of sp³-hybridized carbons (Fsp3) is 0.200. The summed E-state index contributed by atoms with van der Waals surface area (Å²) in [5.74, 6) is 0.646. The van der Waals surface area contributed by atoms with E-state index in [2.05, 4.69) is 10.9 Å². The van der Waals surface area contributed by atoms with Crippen molar-refractivity contribution in [2.45, 2.75) is 19.4 Å². The van der Waals surface area contributed by atoms with Gasteiger partial charge in [-0.05, 0) is 50.3 Å². The number of hydrazine groups is 1. The fourth-order valence-corrected chi connectivity index (χ4v) is 2.38. The summed E-state index contributed by atoms with van der Waals surface area (Å²) in [6.07, 6.45) is 1.86. The second-order valence-electron chi connectivity index (χ2n) is 5.43. The Bertz CT molecular complexity index is 855. The molecule has 114 valence electrons. The van der Waals surface area contributed by atoms with Crippen molar-refractivity contribution < 1.29 is 9.15 Å². The molecule has 0 saturated heterocycles. The lowest BCUT2D eigenvalue weighted by Crippen LogP contribution is -2.48. The highest BCUT2D eigenvalue weighted by Gasteiger charge is 2.32. The number of benzene rings is 1. The quantitative estimate of drug-likeness (QED) is 0.441. The molecule has 6 nitrogen and oxygen atoms in total. The molecule has 7 heteroatoms. The third-order valence-electron chi connectivity index (χ3n) is 3.41. The van der Waals surface area contributed by atoms with Crippen LogP contribution in [0.1, 0.15) is 19.4 Å². The largest absolute Gasteiger partial charge is 0.481 e. The van der Waals surface area contributed by atoms with Crippen molar-refractivity contribution >= 4 is 34.4 Å². The summed E-state index contributed by atoms with van der Waals surface area (Å²) in [5.41, 5.74) is 11.9. The summed E-state index contributed by atoms with van der Waals surface area (Å²) in [6.45, 7) is 3.81. The van der Waals surface area contributed by atoms with Gasteiger partial charge < -0.3 is 14.9 Å². The van der Waals surface area contributed by atoms with Crippen molar-refractivity contribution in [3.8, 4) is 5.75 Å². The van der Waals surface area contributed by atoms with Crippen molar-refractivity contribution in [1.29, 1.82) is 0 Å². The van der Waals surface area contributed by atoms with Crippen molar-refractivity contribution in [3.05, 3.63) is 45.9 Å². The van der Waals surface area contributed by atoms with Gasteiger partial charge in [-0.1, -0.05) is 0 Å². The van der Waals surface area contributed by atoms with Gasteiger partial charge >= 0.3 is 5.63 Å². The molecular weight excluding hydrogens is 302 g/mol. The van der Waals surface area contributed by atoms with E-state index in [1.54, 1.807) is 6.07 Å². The summed E-state index contributed by atoms with van der Waals surface area (Å²) in [4.78, 5) is 11.5. The molecule has 2 heterocycles. The van der Waals surface area contributed by atoms with Crippen LogP contribution in [0.15, 0.2) is 39.2 Å². The molecule has 0 fully saturated rings. The van der Waals surface area contributed by atoms with Gasteiger partial charge in [0.25, 0.3) is 0 Å².